The Balaban J connectivity index is 1.39. The highest BCUT2D eigenvalue weighted by Crippen LogP contribution is 2.44. The lowest BCUT2D eigenvalue weighted by atomic mass is 9.94. The number of carbonyl (C=O) groups is 1. The summed E-state index contributed by atoms with van der Waals surface area (Å²) in [6.07, 6.45) is 3.72. The third-order valence-corrected chi connectivity index (χ3v) is 9.45. The maximum atomic E-state index is 13.4. The molecule has 1 saturated carbocycles. The van der Waals surface area contributed by atoms with Crippen molar-refractivity contribution < 1.29 is 13.2 Å². The van der Waals surface area contributed by atoms with Crippen LogP contribution in [0.15, 0.2) is 29.2 Å². The van der Waals surface area contributed by atoms with E-state index >= 15 is 0 Å². The predicted molar refractivity (Wildman–Crippen MR) is 115 cm³/mol. The molecule has 1 spiro atoms. The number of hydrogen-bond acceptors (Lipinski definition) is 5. The molecule has 0 aromatic heterocycles. The number of halogens is 1. The molecule has 9 heteroatoms. The Hall–Kier alpha value is -1.19. The van der Waals surface area contributed by atoms with Gasteiger partial charge in [0, 0.05) is 44.3 Å². The van der Waals surface area contributed by atoms with Gasteiger partial charge >= 0.3 is 0 Å². The van der Waals surface area contributed by atoms with E-state index in [1.807, 2.05) is 0 Å². The molecule has 1 atom stereocenters. The molecular weight excluding hydrogens is 424 g/mol. The molecule has 1 amide bonds. The van der Waals surface area contributed by atoms with Crippen molar-refractivity contribution in [1.82, 2.24) is 19.0 Å². The normalized spacial score (nSPS) is 28.3. The molecule has 5 rings (SSSR count). The number of rotatable bonds is 4. The minimum atomic E-state index is -3.56. The first-order valence-electron chi connectivity index (χ1n) is 10.8. The van der Waals surface area contributed by atoms with Gasteiger partial charge in [-0.1, -0.05) is 11.6 Å². The second-order valence-corrected chi connectivity index (χ2v) is 11.6. The number of likely N-dealkylation sites (N-methyl/N-ethyl adjacent to an activating group) is 1. The van der Waals surface area contributed by atoms with Crippen molar-refractivity contribution in [1.29, 1.82) is 0 Å². The first kappa shape index (κ1) is 20.7. The van der Waals surface area contributed by atoms with Gasteiger partial charge in [-0.15, -0.1) is 0 Å². The van der Waals surface area contributed by atoms with Crippen LogP contribution in [0.4, 0.5) is 0 Å². The van der Waals surface area contributed by atoms with Crippen molar-refractivity contribution in [3.8, 4) is 0 Å². The Morgan fingerprint density at radius 2 is 1.73 bits per heavy atom. The summed E-state index contributed by atoms with van der Waals surface area (Å²) in [6, 6.07) is 6.26. The molecule has 1 aromatic rings. The smallest absolute Gasteiger partial charge is 0.243 e. The van der Waals surface area contributed by atoms with Crippen molar-refractivity contribution in [2.24, 2.45) is 5.92 Å². The summed E-state index contributed by atoms with van der Waals surface area (Å²) < 4.78 is 27.9. The summed E-state index contributed by atoms with van der Waals surface area (Å²) in [5, 5.41) is 0.521. The van der Waals surface area contributed by atoms with Crippen LogP contribution in [0.3, 0.4) is 0 Å². The van der Waals surface area contributed by atoms with Gasteiger partial charge in [-0.2, -0.15) is 4.31 Å². The van der Waals surface area contributed by atoms with E-state index in [0.717, 1.165) is 26.2 Å². The SMILES string of the molecule is CN1CCN2[C@H](C1)C(=O)N(CC1CC1)C21CCN(S(=O)(=O)c2ccc(Cl)cc2)CC1. The molecule has 0 bridgehead atoms. The summed E-state index contributed by atoms with van der Waals surface area (Å²) in [5.41, 5.74) is -0.336. The minimum absolute atomic E-state index is 0.0954. The van der Waals surface area contributed by atoms with Crippen LogP contribution in [0.5, 0.6) is 0 Å². The van der Waals surface area contributed by atoms with Crippen molar-refractivity contribution in [2.75, 3.05) is 46.3 Å². The van der Waals surface area contributed by atoms with Gasteiger partial charge in [0.1, 0.15) is 6.04 Å². The number of piperazine rings is 1. The summed E-state index contributed by atoms with van der Waals surface area (Å²) in [6.45, 7) is 4.23. The van der Waals surface area contributed by atoms with E-state index in [0.29, 0.717) is 36.9 Å². The quantitative estimate of drug-likeness (QED) is 0.695. The molecule has 7 nitrogen and oxygen atoms in total. The second-order valence-electron chi connectivity index (χ2n) is 9.20. The maximum Gasteiger partial charge on any atom is 0.243 e. The van der Waals surface area contributed by atoms with Gasteiger partial charge < -0.3 is 9.80 Å². The van der Waals surface area contributed by atoms with Crippen LogP contribution in [0.2, 0.25) is 5.02 Å². The summed E-state index contributed by atoms with van der Waals surface area (Å²) in [5.74, 6) is 0.850. The van der Waals surface area contributed by atoms with E-state index in [1.54, 1.807) is 28.6 Å². The van der Waals surface area contributed by atoms with Crippen LogP contribution in [-0.4, -0.2) is 91.4 Å². The van der Waals surface area contributed by atoms with E-state index < -0.39 is 10.0 Å². The molecule has 30 heavy (non-hydrogen) atoms. The lowest BCUT2D eigenvalue weighted by Crippen LogP contribution is -2.63. The van der Waals surface area contributed by atoms with Crippen molar-refractivity contribution in [2.45, 2.75) is 42.3 Å². The van der Waals surface area contributed by atoms with Crippen LogP contribution < -0.4 is 0 Å². The molecular formula is C21H29ClN4O3S. The monoisotopic (exact) mass is 452 g/mol. The fourth-order valence-corrected chi connectivity index (χ4v) is 6.95. The average molecular weight is 453 g/mol. The van der Waals surface area contributed by atoms with E-state index in [9.17, 15) is 13.2 Å². The Kier molecular flexibility index (Phi) is 5.14. The molecule has 3 saturated heterocycles. The van der Waals surface area contributed by atoms with Gasteiger partial charge in [-0.05, 0) is 62.9 Å². The molecule has 1 aromatic carbocycles. The zero-order valence-electron chi connectivity index (χ0n) is 17.3. The van der Waals surface area contributed by atoms with E-state index in [-0.39, 0.29) is 22.5 Å². The molecule has 4 fully saturated rings. The Morgan fingerprint density at radius 3 is 2.37 bits per heavy atom. The van der Waals surface area contributed by atoms with Crippen molar-refractivity contribution in [3.05, 3.63) is 29.3 Å². The lowest BCUT2D eigenvalue weighted by Gasteiger charge is -2.50. The number of amides is 1. The second kappa shape index (κ2) is 7.45. The Morgan fingerprint density at radius 1 is 1.07 bits per heavy atom. The van der Waals surface area contributed by atoms with Crippen LogP contribution in [0, 0.1) is 5.92 Å². The topological polar surface area (TPSA) is 64.2 Å². The van der Waals surface area contributed by atoms with Crippen LogP contribution >= 0.6 is 11.6 Å². The lowest BCUT2D eigenvalue weighted by molar-refractivity contribution is -0.134. The molecule has 164 valence electrons. The Bertz CT molecular complexity index is 926. The molecule has 0 unspecified atom stereocenters. The number of hydrogen-bond donors (Lipinski definition) is 0. The average Bonchev–Trinajstić information content (AvgIpc) is 3.53. The number of fused-ring (bicyclic) bond motifs is 2. The van der Waals surface area contributed by atoms with Gasteiger partial charge in [-0.3, -0.25) is 9.69 Å². The van der Waals surface area contributed by atoms with E-state index in [1.165, 1.54) is 12.8 Å². The fraction of sp³-hybridized carbons (Fsp3) is 0.667. The highest BCUT2D eigenvalue weighted by atomic mass is 35.5. The summed E-state index contributed by atoms with van der Waals surface area (Å²) in [7, 11) is -1.49. The van der Waals surface area contributed by atoms with Crippen molar-refractivity contribution >= 4 is 27.5 Å². The number of benzene rings is 1. The first-order chi connectivity index (χ1) is 14.3. The zero-order valence-corrected chi connectivity index (χ0v) is 18.9. The molecule has 0 N–H and O–H groups in total. The van der Waals surface area contributed by atoms with Gasteiger partial charge in [0.2, 0.25) is 15.9 Å². The molecule has 3 heterocycles. The highest BCUT2D eigenvalue weighted by molar-refractivity contribution is 7.89. The fourth-order valence-electron chi connectivity index (χ4n) is 5.38. The standard InChI is InChI=1S/C21H29ClN4O3S/c1-23-12-13-25-19(15-23)20(27)26(14-16-2-3-16)21(25)8-10-24(11-9-21)30(28,29)18-6-4-17(22)5-7-18/h4-7,16,19H,2-3,8-15H2,1H3/t19-/m1/s1. The largest absolute Gasteiger partial charge is 0.322 e. The Labute approximate surface area is 183 Å². The summed E-state index contributed by atoms with van der Waals surface area (Å²) >= 11 is 5.93. The van der Waals surface area contributed by atoms with Crippen LogP contribution in [0.1, 0.15) is 25.7 Å². The van der Waals surface area contributed by atoms with E-state index in [4.69, 9.17) is 11.6 Å². The predicted octanol–water partition coefficient (Wildman–Crippen LogP) is 1.69. The minimum Gasteiger partial charge on any atom is -0.322 e. The number of nitrogens with zero attached hydrogens (tertiary/aromatic N) is 4. The van der Waals surface area contributed by atoms with Gasteiger partial charge in [0.25, 0.3) is 0 Å². The third kappa shape index (κ3) is 3.37. The van der Waals surface area contributed by atoms with Crippen LogP contribution in [0.25, 0.3) is 0 Å². The van der Waals surface area contributed by atoms with E-state index in [2.05, 4.69) is 21.7 Å². The zero-order chi connectivity index (χ0) is 21.1. The number of sulfonamides is 1. The molecule has 0 radical (unpaired) electrons. The number of carbonyl (C=O) groups excluding carboxylic acids is 1. The summed E-state index contributed by atoms with van der Waals surface area (Å²) in [4.78, 5) is 20.4. The van der Waals surface area contributed by atoms with Crippen LogP contribution in [-0.2, 0) is 14.8 Å². The highest BCUT2D eigenvalue weighted by Gasteiger charge is 2.59. The van der Waals surface area contributed by atoms with Crippen molar-refractivity contribution in [3.63, 3.8) is 0 Å². The third-order valence-electron chi connectivity index (χ3n) is 7.28. The number of piperidine rings is 1. The maximum absolute atomic E-state index is 13.4. The first-order valence-corrected chi connectivity index (χ1v) is 12.7. The van der Waals surface area contributed by atoms with Gasteiger partial charge in [0.05, 0.1) is 10.6 Å². The molecule has 4 aliphatic rings. The van der Waals surface area contributed by atoms with Gasteiger partial charge in [0.15, 0.2) is 0 Å². The van der Waals surface area contributed by atoms with Gasteiger partial charge in [-0.25, -0.2) is 8.42 Å². The molecule has 1 aliphatic carbocycles. The molecule has 3 aliphatic heterocycles.